The van der Waals surface area contributed by atoms with Crippen molar-refractivity contribution >= 4 is 0 Å². The van der Waals surface area contributed by atoms with Crippen LogP contribution in [0.25, 0.3) is 0 Å². The van der Waals surface area contributed by atoms with Gasteiger partial charge in [0.15, 0.2) is 0 Å². The molecule has 2 heteroatoms. The molecule has 0 amide bonds. The van der Waals surface area contributed by atoms with Crippen LogP contribution in [-0.4, -0.2) is 30.5 Å². The molecule has 0 aromatic carbocycles. The van der Waals surface area contributed by atoms with Crippen LogP contribution in [0.4, 0.5) is 0 Å². The highest BCUT2D eigenvalue weighted by molar-refractivity contribution is 4.88. The van der Waals surface area contributed by atoms with Crippen molar-refractivity contribution in [2.24, 2.45) is 0 Å². The van der Waals surface area contributed by atoms with Crippen LogP contribution in [0.1, 0.15) is 6.92 Å². The zero-order chi connectivity index (χ0) is 8.53. The Kier molecular flexibility index (Phi) is 6.64. The van der Waals surface area contributed by atoms with Crippen LogP contribution in [0.15, 0.2) is 30.6 Å². The average molecular weight is 152 g/mol. The Labute approximate surface area is 68.9 Å². The Balaban J connectivity index is 0.000000187. The number of hydrogen-bond donors (Lipinski definition) is 0. The molecular formula is C9H16N2. The normalized spacial score (nSPS) is 8.73. The van der Waals surface area contributed by atoms with E-state index < -0.39 is 0 Å². The predicted molar refractivity (Wildman–Crippen MR) is 48.5 cm³/mol. The zero-order valence-corrected chi connectivity index (χ0v) is 7.49. The lowest BCUT2D eigenvalue weighted by atomic mass is 10.5. The molecule has 1 aromatic rings. The van der Waals surface area contributed by atoms with Crippen LogP contribution in [-0.2, 0) is 0 Å². The van der Waals surface area contributed by atoms with Crippen molar-refractivity contribution in [1.29, 1.82) is 0 Å². The van der Waals surface area contributed by atoms with Crippen LogP contribution in [0.2, 0.25) is 0 Å². The molecule has 1 aromatic heterocycles. The van der Waals surface area contributed by atoms with Gasteiger partial charge >= 0.3 is 0 Å². The second-order valence-corrected chi connectivity index (χ2v) is 2.42. The van der Waals surface area contributed by atoms with E-state index in [-0.39, 0.29) is 0 Å². The van der Waals surface area contributed by atoms with E-state index in [2.05, 4.69) is 30.9 Å². The largest absolute Gasteiger partial charge is 0.310 e. The van der Waals surface area contributed by atoms with Crippen molar-refractivity contribution < 1.29 is 0 Å². The molecule has 1 heterocycles. The molecule has 0 aliphatic carbocycles. The summed E-state index contributed by atoms with van der Waals surface area (Å²) in [5.74, 6) is 0. The molecule has 0 atom stereocenters. The Morgan fingerprint density at radius 1 is 1.09 bits per heavy atom. The summed E-state index contributed by atoms with van der Waals surface area (Å²) in [4.78, 5) is 5.91. The smallest absolute Gasteiger partial charge is 0.0267 e. The Morgan fingerprint density at radius 2 is 1.55 bits per heavy atom. The fraction of sp³-hybridized carbons (Fsp3) is 0.444. The van der Waals surface area contributed by atoms with Crippen molar-refractivity contribution in [3.8, 4) is 0 Å². The third-order valence-electron chi connectivity index (χ3n) is 1.20. The van der Waals surface area contributed by atoms with E-state index in [0.29, 0.717) is 0 Å². The minimum absolute atomic E-state index is 1.14. The molecule has 62 valence electrons. The molecule has 1 rings (SSSR count). The van der Waals surface area contributed by atoms with Gasteiger partial charge in [0.1, 0.15) is 0 Å². The number of aromatic nitrogens is 1. The molecule has 0 radical (unpaired) electrons. The maximum Gasteiger partial charge on any atom is 0.0267 e. The fourth-order valence-corrected chi connectivity index (χ4v) is 0.313. The summed E-state index contributed by atoms with van der Waals surface area (Å²) in [5, 5.41) is 0. The third-order valence-corrected chi connectivity index (χ3v) is 1.20. The Hall–Kier alpha value is -0.890. The topological polar surface area (TPSA) is 16.1 Å². The third kappa shape index (κ3) is 9.11. The van der Waals surface area contributed by atoms with Crippen molar-refractivity contribution in [3.63, 3.8) is 0 Å². The second-order valence-electron chi connectivity index (χ2n) is 2.42. The summed E-state index contributed by atoms with van der Waals surface area (Å²) in [6.45, 7) is 3.26. The molecule has 0 spiro atoms. The minimum atomic E-state index is 1.14. The first kappa shape index (κ1) is 10.1. The summed E-state index contributed by atoms with van der Waals surface area (Å²) in [5.41, 5.74) is 0. The first-order chi connectivity index (χ1) is 5.27. The highest BCUT2D eigenvalue weighted by Gasteiger charge is 1.72. The highest BCUT2D eigenvalue weighted by atomic mass is 15.0. The highest BCUT2D eigenvalue weighted by Crippen LogP contribution is 1.73. The van der Waals surface area contributed by atoms with Gasteiger partial charge in [0, 0.05) is 12.4 Å². The number of pyridine rings is 1. The molecule has 0 saturated heterocycles. The molecule has 0 N–H and O–H groups in total. The maximum absolute atomic E-state index is 3.78. The predicted octanol–water partition coefficient (Wildman–Crippen LogP) is 1.65. The first-order valence-corrected chi connectivity index (χ1v) is 3.77. The van der Waals surface area contributed by atoms with Crippen molar-refractivity contribution in [3.05, 3.63) is 30.6 Å². The molecule has 0 bridgehead atoms. The molecule has 0 saturated carbocycles. The van der Waals surface area contributed by atoms with E-state index in [1.807, 2.05) is 18.2 Å². The Bertz CT molecular complexity index is 122. The van der Waals surface area contributed by atoms with E-state index in [4.69, 9.17) is 0 Å². The Morgan fingerprint density at radius 3 is 1.64 bits per heavy atom. The van der Waals surface area contributed by atoms with Gasteiger partial charge in [-0.25, -0.2) is 0 Å². The molecule has 2 nitrogen and oxygen atoms in total. The first-order valence-electron chi connectivity index (χ1n) is 3.77. The average Bonchev–Trinajstić information content (AvgIpc) is 2.09. The van der Waals surface area contributed by atoms with E-state index in [9.17, 15) is 0 Å². The number of hydrogen-bond acceptors (Lipinski definition) is 2. The van der Waals surface area contributed by atoms with Crippen molar-refractivity contribution in [2.75, 3.05) is 20.6 Å². The van der Waals surface area contributed by atoms with Crippen LogP contribution in [0.5, 0.6) is 0 Å². The molecular weight excluding hydrogens is 136 g/mol. The van der Waals surface area contributed by atoms with Gasteiger partial charge in [-0.05, 0) is 32.8 Å². The number of nitrogens with zero attached hydrogens (tertiary/aromatic N) is 2. The lowest BCUT2D eigenvalue weighted by Gasteiger charge is -2.00. The van der Waals surface area contributed by atoms with Crippen LogP contribution in [0.3, 0.4) is 0 Å². The summed E-state index contributed by atoms with van der Waals surface area (Å²) in [7, 11) is 4.11. The van der Waals surface area contributed by atoms with Gasteiger partial charge < -0.3 is 4.90 Å². The van der Waals surface area contributed by atoms with Gasteiger partial charge in [0.2, 0.25) is 0 Å². The lowest BCUT2D eigenvalue weighted by molar-refractivity contribution is 0.434. The SMILES string of the molecule is CCN(C)C.c1ccncc1. The molecule has 0 aliphatic heterocycles. The van der Waals surface area contributed by atoms with Crippen molar-refractivity contribution in [2.45, 2.75) is 6.92 Å². The molecule has 0 fully saturated rings. The summed E-state index contributed by atoms with van der Waals surface area (Å²) in [6.07, 6.45) is 3.50. The summed E-state index contributed by atoms with van der Waals surface area (Å²) in [6, 6.07) is 5.72. The quantitative estimate of drug-likeness (QED) is 0.608. The second kappa shape index (κ2) is 7.22. The van der Waals surface area contributed by atoms with E-state index in [1.54, 1.807) is 12.4 Å². The molecule has 11 heavy (non-hydrogen) atoms. The van der Waals surface area contributed by atoms with Crippen LogP contribution < -0.4 is 0 Å². The standard InChI is InChI=1S/C5H5N.C4H11N/c1-2-4-6-5-3-1;1-4-5(2)3/h1-5H;4H2,1-3H3. The fourth-order valence-electron chi connectivity index (χ4n) is 0.313. The van der Waals surface area contributed by atoms with E-state index in [1.165, 1.54) is 0 Å². The lowest BCUT2D eigenvalue weighted by Crippen LogP contribution is -2.08. The van der Waals surface area contributed by atoms with Gasteiger partial charge in [-0.2, -0.15) is 0 Å². The summed E-state index contributed by atoms with van der Waals surface area (Å²) >= 11 is 0. The van der Waals surface area contributed by atoms with Gasteiger partial charge in [-0.15, -0.1) is 0 Å². The molecule has 0 aliphatic rings. The van der Waals surface area contributed by atoms with E-state index >= 15 is 0 Å². The summed E-state index contributed by atoms with van der Waals surface area (Å²) < 4.78 is 0. The molecule has 0 unspecified atom stereocenters. The zero-order valence-electron chi connectivity index (χ0n) is 7.49. The van der Waals surface area contributed by atoms with Crippen LogP contribution >= 0.6 is 0 Å². The van der Waals surface area contributed by atoms with Gasteiger partial charge in [0.05, 0.1) is 0 Å². The van der Waals surface area contributed by atoms with Gasteiger partial charge in [0.25, 0.3) is 0 Å². The minimum Gasteiger partial charge on any atom is -0.310 e. The maximum atomic E-state index is 3.78. The van der Waals surface area contributed by atoms with Crippen molar-refractivity contribution in [1.82, 2.24) is 9.88 Å². The monoisotopic (exact) mass is 152 g/mol. The van der Waals surface area contributed by atoms with Gasteiger partial charge in [-0.1, -0.05) is 13.0 Å². The van der Waals surface area contributed by atoms with Crippen LogP contribution in [0, 0.1) is 0 Å². The number of rotatable bonds is 1. The van der Waals surface area contributed by atoms with Gasteiger partial charge in [-0.3, -0.25) is 4.98 Å². The van der Waals surface area contributed by atoms with E-state index in [0.717, 1.165) is 6.54 Å².